The molecule has 0 unspecified atom stereocenters. The molecule has 3 amide bonds. The predicted molar refractivity (Wildman–Crippen MR) is 89.6 cm³/mol. The lowest BCUT2D eigenvalue weighted by molar-refractivity contribution is 0.0957. The molecule has 1 fully saturated rings. The number of nitrogens with one attached hydrogen (secondary N) is 2. The Morgan fingerprint density at radius 2 is 2.08 bits per heavy atom. The van der Waals surface area contributed by atoms with Gasteiger partial charge in [-0.15, -0.1) is 0 Å². The van der Waals surface area contributed by atoms with Crippen LogP contribution >= 0.6 is 0 Å². The molecule has 25 heavy (non-hydrogen) atoms. The van der Waals surface area contributed by atoms with E-state index in [1.54, 1.807) is 11.8 Å². The Morgan fingerprint density at radius 1 is 1.28 bits per heavy atom. The van der Waals surface area contributed by atoms with Gasteiger partial charge in [0.15, 0.2) is 11.5 Å². The normalized spacial score (nSPS) is 16.4. The third kappa shape index (κ3) is 4.26. The summed E-state index contributed by atoms with van der Waals surface area (Å²) in [4.78, 5) is 25.4. The maximum absolute atomic E-state index is 12.1. The molecule has 2 aliphatic rings. The monoisotopic (exact) mass is 349 g/mol. The Morgan fingerprint density at radius 3 is 2.84 bits per heavy atom. The lowest BCUT2D eigenvalue weighted by Gasteiger charge is -2.31. The summed E-state index contributed by atoms with van der Waals surface area (Å²) < 4.78 is 15.7. The van der Waals surface area contributed by atoms with Crippen molar-refractivity contribution in [3.63, 3.8) is 0 Å². The number of hydrogen-bond donors (Lipinski definition) is 2. The number of carbonyl (C=O) groups is 2. The van der Waals surface area contributed by atoms with Gasteiger partial charge >= 0.3 is 12.1 Å². The van der Waals surface area contributed by atoms with Crippen molar-refractivity contribution in [2.45, 2.75) is 32.4 Å². The van der Waals surface area contributed by atoms with Crippen LogP contribution in [0.4, 0.5) is 9.59 Å². The zero-order chi connectivity index (χ0) is 17.6. The molecule has 0 bridgehead atoms. The largest absolute Gasteiger partial charge is 0.454 e. The highest BCUT2D eigenvalue weighted by molar-refractivity contribution is 5.74. The number of rotatable bonds is 4. The van der Waals surface area contributed by atoms with Crippen molar-refractivity contribution in [1.29, 1.82) is 0 Å². The number of piperidine rings is 1. The second-order valence-electron chi connectivity index (χ2n) is 5.94. The zero-order valence-corrected chi connectivity index (χ0v) is 14.2. The van der Waals surface area contributed by atoms with E-state index in [9.17, 15) is 9.59 Å². The van der Waals surface area contributed by atoms with Crippen LogP contribution in [0.15, 0.2) is 18.2 Å². The van der Waals surface area contributed by atoms with Crippen LogP contribution in [0.1, 0.15) is 25.3 Å². The highest BCUT2D eigenvalue weighted by Crippen LogP contribution is 2.35. The Labute approximate surface area is 146 Å². The Kier molecular flexibility index (Phi) is 5.47. The van der Waals surface area contributed by atoms with Crippen LogP contribution < -0.4 is 20.1 Å². The summed E-state index contributed by atoms with van der Waals surface area (Å²) in [6.45, 7) is 3.90. The first-order valence-electron chi connectivity index (χ1n) is 8.51. The van der Waals surface area contributed by atoms with Gasteiger partial charge in [-0.1, -0.05) is 12.1 Å². The van der Waals surface area contributed by atoms with Gasteiger partial charge in [0.1, 0.15) is 0 Å². The maximum Gasteiger partial charge on any atom is 0.409 e. The van der Waals surface area contributed by atoms with Crippen LogP contribution in [-0.4, -0.2) is 49.6 Å². The summed E-state index contributed by atoms with van der Waals surface area (Å²) in [5.41, 5.74) is 0.877. The summed E-state index contributed by atoms with van der Waals surface area (Å²) in [5.74, 6) is 1.39. The lowest BCUT2D eigenvalue weighted by atomic mass is 10.1. The van der Waals surface area contributed by atoms with Gasteiger partial charge in [0, 0.05) is 31.2 Å². The van der Waals surface area contributed by atoms with Gasteiger partial charge < -0.3 is 29.7 Å². The number of urea groups is 1. The van der Waals surface area contributed by atoms with Crippen LogP contribution in [0.3, 0.4) is 0 Å². The van der Waals surface area contributed by atoms with E-state index in [-0.39, 0.29) is 25.0 Å². The number of hydrogen-bond acceptors (Lipinski definition) is 5. The minimum Gasteiger partial charge on any atom is -0.454 e. The molecule has 8 nitrogen and oxygen atoms in total. The molecular weight excluding hydrogens is 326 g/mol. The molecule has 3 rings (SSSR count). The van der Waals surface area contributed by atoms with Crippen molar-refractivity contribution in [2.24, 2.45) is 0 Å². The van der Waals surface area contributed by atoms with Crippen LogP contribution in [0, 0.1) is 0 Å². The molecule has 0 spiro atoms. The number of nitrogens with zero attached hydrogens (tertiary/aromatic N) is 1. The SMILES string of the molecule is CCOC(=O)N1CCC(NC(=O)NCc2cccc3c2OCO3)CC1. The smallest absolute Gasteiger partial charge is 0.409 e. The quantitative estimate of drug-likeness (QED) is 0.866. The maximum atomic E-state index is 12.1. The summed E-state index contributed by atoms with van der Waals surface area (Å²) in [7, 11) is 0. The number of carbonyl (C=O) groups excluding carboxylic acids is 2. The van der Waals surface area contributed by atoms with Crippen LogP contribution in [0.25, 0.3) is 0 Å². The van der Waals surface area contributed by atoms with E-state index in [1.165, 1.54) is 0 Å². The van der Waals surface area contributed by atoms with Gasteiger partial charge in [-0.2, -0.15) is 0 Å². The van der Waals surface area contributed by atoms with Gasteiger partial charge in [0.05, 0.1) is 6.61 Å². The Bertz CT molecular complexity index is 629. The van der Waals surface area contributed by atoms with Crippen LogP contribution in [0.2, 0.25) is 0 Å². The molecule has 0 aliphatic carbocycles. The van der Waals surface area contributed by atoms with Gasteiger partial charge in [-0.3, -0.25) is 0 Å². The third-order valence-electron chi connectivity index (χ3n) is 4.27. The van der Waals surface area contributed by atoms with Gasteiger partial charge in [0.25, 0.3) is 0 Å². The first kappa shape index (κ1) is 17.2. The van der Waals surface area contributed by atoms with Crippen LogP contribution in [0.5, 0.6) is 11.5 Å². The predicted octanol–water partition coefficient (Wildman–Crippen LogP) is 1.84. The molecule has 136 valence electrons. The summed E-state index contributed by atoms with van der Waals surface area (Å²) in [5, 5.41) is 5.79. The molecule has 0 saturated carbocycles. The average molecular weight is 349 g/mol. The van der Waals surface area contributed by atoms with Crippen LogP contribution in [-0.2, 0) is 11.3 Å². The van der Waals surface area contributed by atoms with E-state index in [0.717, 1.165) is 5.56 Å². The summed E-state index contributed by atoms with van der Waals surface area (Å²) in [6, 6.07) is 5.42. The van der Waals surface area contributed by atoms with E-state index < -0.39 is 0 Å². The lowest BCUT2D eigenvalue weighted by Crippen LogP contribution is -2.49. The fourth-order valence-corrected chi connectivity index (χ4v) is 2.96. The number of amides is 3. The van der Waals surface area contributed by atoms with Crippen molar-refractivity contribution in [3.05, 3.63) is 23.8 Å². The standard InChI is InChI=1S/C17H23N3O5/c1-2-23-17(22)20-8-6-13(7-9-20)19-16(21)18-10-12-4-3-5-14-15(12)25-11-24-14/h3-5,13H,2,6-11H2,1H3,(H2,18,19,21). The minimum absolute atomic E-state index is 0.0479. The number of para-hydroxylation sites is 1. The van der Waals surface area contributed by atoms with Gasteiger partial charge in [-0.25, -0.2) is 9.59 Å². The number of ether oxygens (including phenoxy) is 3. The van der Waals surface area contributed by atoms with Crippen molar-refractivity contribution in [1.82, 2.24) is 15.5 Å². The van der Waals surface area contributed by atoms with E-state index in [2.05, 4.69) is 10.6 Å². The van der Waals surface area contributed by atoms with Gasteiger partial charge in [-0.05, 0) is 25.8 Å². The van der Waals surface area contributed by atoms with Crippen molar-refractivity contribution >= 4 is 12.1 Å². The fourth-order valence-electron chi connectivity index (χ4n) is 2.96. The molecule has 0 aromatic heterocycles. The third-order valence-corrected chi connectivity index (χ3v) is 4.27. The molecule has 0 atom stereocenters. The molecule has 2 N–H and O–H groups in total. The number of benzene rings is 1. The Balaban J connectivity index is 1.42. The molecule has 2 heterocycles. The molecule has 1 saturated heterocycles. The molecule has 1 aromatic rings. The molecular formula is C17H23N3O5. The summed E-state index contributed by atoms with van der Waals surface area (Å²) in [6.07, 6.45) is 1.14. The Hall–Kier alpha value is -2.64. The van der Waals surface area contributed by atoms with E-state index in [0.29, 0.717) is 50.6 Å². The average Bonchev–Trinajstić information content (AvgIpc) is 3.10. The van der Waals surface area contributed by atoms with E-state index in [4.69, 9.17) is 14.2 Å². The van der Waals surface area contributed by atoms with Crippen molar-refractivity contribution in [3.8, 4) is 11.5 Å². The highest BCUT2D eigenvalue weighted by atomic mass is 16.7. The van der Waals surface area contributed by atoms with Crippen molar-refractivity contribution in [2.75, 3.05) is 26.5 Å². The number of fused-ring (bicyclic) bond motifs is 1. The molecule has 8 heteroatoms. The summed E-state index contributed by atoms with van der Waals surface area (Å²) >= 11 is 0. The van der Waals surface area contributed by atoms with E-state index in [1.807, 2.05) is 18.2 Å². The fraction of sp³-hybridized carbons (Fsp3) is 0.529. The number of likely N-dealkylation sites (tertiary alicyclic amines) is 1. The van der Waals surface area contributed by atoms with E-state index >= 15 is 0 Å². The van der Waals surface area contributed by atoms with Gasteiger partial charge in [0.2, 0.25) is 6.79 Å². The zero-order valence-electron chi connectivity index (χ0n) is 14.2. The first-order chi connectivity index (χ1) is 12.2. The topological polar surface area (TPSA) is 89.1 Å². The first-order valence-corrected chi connectivity index (χ1v) is 8.51. The minimum atomic E-state index is -0.287. The molecule has 1 aromatic carbocycles. The highest BCUT2D eigenvalue weighted by Gasteiger charge is 2.24. The molecule has 0 radical (unpaired) electrons. The second-order valence-corrected chi connectivity index (χ2v) is 5.94. The molecule has 2 aliphatic heterocycles. The second kappa shape index (κ2) is 7.96. The van der Waals surface area contributed by atoms with Crippen molar-refractivity contribution < 1.29 is 23.8 Å².